The van der Waals surface area contributed by atoms with Crippen molar-refractivity contribution in [2.75, 3.05) is 13.2 Å². The fraction of sp³-hybridized carbons (Fsp3) is 0.417. The van der Waals surface area contributed by atoms with Crippen LogP contribution in [0.1, 0.15) is 30.4 Å². The van der Waals surface area contributed by atoms with Crippen LogP contribution in [0.4, 0.5) is 0 Å². The molecule has 0 unspecified atom stereocenters. The van der Waals surface area contributed by atoms with E-state index >= 15 is 0 Å². The summed E-state index contributed by atoms with van der Waals surface area (Å²) in [5.74, 6) is 0.273. The van der Waals surface area contributed by atoms with Crippen LogP contribution in [-0.2, 0) is 15.1 Å². The summed E-state index contributed by atoms with van der Waals surface area (Å²) >= 11 is 6.55. The third-order valence-corrected chi connectivity index (χ3v) is 7.22. The molecule has 0 amide bonds. The second-order valence-corrected chi connectivity index (χ2v) is 9.35. The lowest BCUT2D eigenvalue weighted by Gasteiger charge is -2.37. The van der Waals surface area contributed by atoms with Gasteiger partial charge >= 0.3 is 0 Å². The first-order valence-corrected chi connectivity index (χ1v) is 11.4. The minimum atomic E-state index is -0.734. The van der Waals surface area contributed by atoms with Gasteiger partial charge in [-0.15, -0.1) is 0 Å². The zero-order valence-corrected chi connectivity index (χ0v) is 18.4. The van der Waals surface area contributed by atoms with Gasteiger partial charge in [-0.1, -0.05) is 35.9 Å². The van der Waals surface area contributed by atoms with Crippen LogP contribution < -0.4 is 4.74 Å². The molecule has 33 heavy (non-hydrogen) atoms. The molecule has 1 aromatic carbocycles. The first kappa shape index (κ1) is 20.9. The summed E-state index contributed by atoms with van der Waals surface area (Å²) in [6, 6.07) is 11.5. The number of hydrogen-bond acceptors (Lipinski definition) is 7. The number of aromatic nitrogens is 2. The number of ether oxygens (including phenoxy) is 3. The van der Waals surface area contributed by atoms with Crippen molar-refractivity contribution in [2.24, 2.45) is 0 Å². The van der Waals surface area contributed by atoms with Crippen molar-refractivity contribution in [3.8, 4) is 23.2 Å². The molecule has 2 aromatic heterocycles. The molecule has 8 nitrogen and oxygen atoms in total. The molecule has 3 N–H and O–H groups in total. The van der Waals surface area contributed by atoms with E-state index < -0.39 is 30.0 Å². The van der Waals surface area contributed by atoms with E-state index in [-0.39, 0.29) is 24.7 Å². The van der Waals surface area contributed by atoms with Crippen LogP contribution in [-0.4, -0.2) is 57.8 Å². The van der Waals surface area contributed by atoms with Gasteiger partial charge in [0.1, 0.15) is 35.5 Å². The van der Waals surface area contributed by atoms with E-state index in [1.165, 1.54) is 0 Å². The summed E-state index contributed by atoms with van der Waals surface area (Å²) in [7, 11) is 0. The number of pyridine rings is 1. The Labute approximate surface area is 194 Å². The Hall–Kier alpha value is -2.67. The van der Waals surface area contributed by atoms with Gasteiger partial charge in [-0.3, -0.25) is 0 Å². The van der Waals surface area contributed by atoms with Crippen LogP contribution in [0.25, 0.3) is 22.3 Å². The maximum absolute atomic E-state index is 10.6. The van der Waals surface area contributed by atoms with E-state index in [0.717, 1.165) is 30.4 Å². The van der Waals surface area contributed by atoms with Gasteiger partial charge in [0.15, 0.2) is 6.10 Å². The molecule has 3 aromatic rings. The molecule has 4 atom stereocenters. The van der Waals surface area contributed by atoms with Gasteiger partial charge in [-0.25, -0.2) is 4.98 Å². The topological polar surface area (TPSA) is 121 Å². The Bertz CT molecular complexity index is 1260. The Kier molecular flexibility index (Phi) is 4.87. The minimum Gasteiger partial charge on any atom is -0.469 e. The van der Waals surface area contributed by atoms with Gasteiger partial charge in [-0.05, 0) is 30.9 Å². The summed E-state index contributed by atoms with van der Waals surface area (Å²) in [4.78, 5) is 7.78. The van der Waals surface area contributed by atoms with E-state index in [0.29, 0.717) is 21.7 Å². The maximum atomic E-state index is 10.6. The summed E-state index contributed by atoms with van der Waals surface area (Å²) in [5.41, 5.74) is 2.80. The molecule has 3 aliphatic rings. The zero-order chi connectivity index (χ0) is 22.7. The highest BCUT2D eigenvalue weighted by Gasteiger charge is 2.48. The van der Waals surface area contributed by atoms with Crippen molar-refractivity contribution in [3.05, 3.63) is 46.5 Å². The van der Waals surface area contributed by atoms with Gasteiger partial charge in [0, 0.05) is 5.56 Å². The molecule has 4 heterocycles. The number of rotatable bonds is 4. The number of nitrogens with one attached hydrogen (secondary N) is 1. The molecule has 2 saturated heterocycles. The highest BCUT2D eigenvalue weighted by atomic mass is 35.5. The number of aliphatic hydroxyl groups excluding tert-OH is 1. The van der Waals surface area contributed by atoms with Crippen molar-refractivity contribution in [2.45, 2.75) is 49.3 Å². The number of H-pyrrole nitrogens is 1. The van der Waals surface area contributed by atoms with Crippen LogP contribution in [0.5, 0.6) is 5.88 Å². The molecule has 9 heteroatoms. The van der Waals surface area contributed by atoms with Gasteiger partial charge in [0.2, 0.25) is 5.88 Å². The third kappa shape index (κ3) is 3.31. The van der Waals surface area contributed by atoms with Crippen molar-refractivity contribution < 1.29 is 24.4 Å². The highest BCUT2D eigenvalue weighted by Crippen LogP contribution is 2.42. The lowest BCUT2D eigenvalue weighted by molar-refractivity contribution is -0.0387. The number of hydrogen-bond donors (Lipinski definition) is 3. The second-order valence-electron chi connectivity index (χ2n) is 8.94. The van der Waals surface area contributed by atoms with E-state index in [1.807, 2.05) is 24.3 Å². The largest absolute Gasteiger partial charge is 0.469 e. The van der Waals surface area contributed by atoms with Crippen LogP contribution in [0, 0.1) is 11.3 Å². The summed E-state index contributed by atoms with van der Waals surface area (Å²) in [5, 5.41) is 30.8. The lowest BCUT2D eigenvalue weighted by atomic mass is 9.75. The first-order chi connectivity index (χ1) is 16.0. The van der Waals surface area contributed by atoms with Crippen LogP contribution in [0.2, 0.25) is 5.02 Å². The standard InChI is InChI=1S/C24H22ClN3O5/c25-15-8-16-20(28-19(15)12-2-4-13(5-3-12)24(30)6-1-7-24)14(9-26)23(27-16)33-18-11-32-21-17(29)10-31-22(18)21/h2-5,8,17-18,21-22,27,29-30H,1,6-7,10-11H2/t17-,18-,21-,22-/m1/s1. The SMILES string of the molecule is N#Cc1c(O[C@@H]2CO[C@H]3[C@@H]2OC[C@H]3O)[nH]c2cc(Cl)c(-c3ccc(C4(O)CCC4)cc3)nc12. The zero-order valence-electron chi connectivity index (χ0n) is 17.6. The number of nitriles is 1. The number of benzene rings is 1. The van der Waals surface area contributed by atoms with Crippen LogP contribution >= 0.6 is 11.6 Å². The molecule has 3 fully saturated rings. The smallest absolute Gasteiger partial charge is 0.212 e. The predicted octanol–water partition coefficient (Wildman–Crippen LogP) is 3.03. The van der Waals surface area contributed by atoms with E-state index in [1.54, 1.807) is 6.07 Å². The van der Waals surface area contributed by atoms with Gasteiger partial charge in [-0.2, -0.15) is 5.26 Å². The normalized spacial score (nSPS) is 27.8. The monoisotopic (exact) mass is 467 g/mol. The van der Waals surface area contributed by atoms with Crippen LogP contribution in [0.3, 0.4) is 0 Å². The van der Waals surface area contributed by atoms with Gasteiger partial charge < -0.3 is 29.4 Å². The summed E-state index contributed by atoms with van der Waals surface area (Å²) in [6.45, 7) is 0.453. The van der Waals surface area contributed by atoms with Gasteiger partial charge in [0.25, 0.3) is 0 Å². The molecule has 2 aliphatic heterocycles. The molecule has 0 radical (unpaired) electrons. The number of aromatic amines is 1. The average Bonchev–Trinajstić information content (AvgIpc) is 3.46. The molecular weight excluding hydrogens is 446 g/mol. The highest BCUT2D eigenvalue weighted by molar-refractivity contribution is 6.33. The Morgan fingerprint density at radius 1 is 1.18 bits per heavy atom. The van der Waals surface area contributed by atoms with E-state index in [2.05, 4.69) is 16.0 Å². The lowest BCUT2D eigenvalue weighted by Crippen LogP contribution is -2.34. The fourth-order valence-electron chi connectivity index (χ4n) is 4.90. The quantitative estimate of drug-likeness (QED) is 0.539. The molecule has 0 bridgehead atoms. The summed E-state index contributed by atoms with van der Waals surface area (Å²) in [6.07, 6.45) is 0.615. The predicted molar refractivity (Wildman–Crippen MR) is 119 cm³/mol. The first-order valence-electron chi connectivity index (χ1n) is 11.0. The minimum absolute atomic E-state index is 0.198. The molecule has 6 rings (SSSR count). The fourth-order valence-corrected chi connectivity index (χ4v) is 5.16. The summed E-state index contributed by atoms with van der Waals surface area (Å²) < 4.78 is 17.3. The second kappa shape index (κ2) is 7.69. The van der Waals surface area contributed by atoms with E-state index in [4.69, 9.17) is 25.8 Å². The molecule has 1 saturated carbocycles. The van der Waals surface area contributed by atoms with Crippen molar-refractivity contribution in [1.82, 2.24) is 9.97 Å². The van der Waals surface area contributed by atoms with Crippen molar-refractivity contribution >= 4 is 22.6 Å². The molecular formula is C24H22ClN3O5. The maximum Gasteiger partial charge on any atom is 0.212 e. The molecule has 1 aliphatic carbocycles. The number of nitrogens with zero attached hydrogens (tertiary/aromatic N) is 2. The van der Waals surface area contributed by atoms with Crippen molar-refractivity contribution in [3.63, 3.8) is 0 Å². The number of aliphatic hydroxyl groups is 2. The van der Waals surface area contributed by atoms with Crippen LogP contribution in [0.15, 0.2) is 30.3 Å². The van der Waals surface area contributed by atoms with E-state index in [9.17, 15) is 15.5 Å². The number of halogens is 1. The number of fused-ring (bicyclic) bond motifs is 2. The molecule has 170 valence electrons. The average molecular weight is 468 g/mol. The molecule has 0 spiro atoms. The Morgan fingerprint density at radius 3 is 2.64 bits per heavy atom. The Balaban J connectivity index is 1.33. The van der Waals surface area contributed by atoms with Gasteiger partial charge in [0.05, 0.1) is 35.0 Å². The Morgan fingerprint density at radius 2 is 1.94 bits per heavy atom. The van der Waals surface area contributed by atoms with Crippen molar-refractivity contribution in [1.29, 1.82) is 5.26 Å². The third-order valence-electron chi connectivity index (χ3n) is 6.93.